The molecule has 20 heavy (non-hydrogen) atoms. The van der Waals surface area contributed by atoms with Crippen LogP contribution in [0.4, 0.5) is 5.69 Å². The lowest BCUT2D eigenvalue weighted by atomic mass is 10.1. The summed E-state index contributed by atoms with van der Waals surface area (Å²) < 4.78 is 0. The smallest absolute Gasteiger partial charge is 0.326 e. The van der Waals surface area contributed by atoms with Gasteiger partial charge in [-0.1, -0.05) is 0 Å². The third-order valence-corrected chi connectivity index (χ3v) is 2.63. The molecule has 1 atom stereocenters. The van der Waals surface area contributed by atoms with E-state index in [9.17, 15) is 14.4 Å². The lowest BCUT2D eigenvalue weighted by Crippen LogP contribution is -2.42. The molecule has 0 fully saturated rings. The van der Waals surface area contributed by atoms with Gasteiger partial charge < -0.3 is 20.4 Å². The van der Waals surface area contributed by atoms with Crippen molar-refractivity contribution in [3.63, 3.8) is 0 Å². The number of carboxylic acids is 2. The van der Waals surface area contributed by atoms with Crippen molar-refractivity contribution in [1.29, 1.82) is 0 Å². The van der Waals surface area contributed by atoms with Crippen LogP contribution in [0, 0.1) is 0 Å². The minimum Gasteiger partial charge on any atom is -0.481 e. The SMILES string of the molecule is CN(C)c1ccc(C(=O)N[C@H](CC(=O)O)C(=O)O)cc1. The van der Waals surface area contributed by atoms with Gasteiger partial charge in [-0.15, -0.1) is 0 Å². The van der Waals surface area contributed by atoms with Gasteiger partial charge in [-0.3, -0.25) is 9.59 Å². The number of rotatable bonds is 6. The van der Waals surface area contributed by atoms with Crippen LogP contribution in [0.1, 0.15) is 16.8 Å². The van der Waals surface area contributed by atoms with E-state index < -0.39 is 30.3 Å². The molecule has 0 radical (unpaired) electrons. The van der Waals surface area contributed by atoms with Crippen LogP contribution in [0.3, 0.4) is 0 Å². The van der Waals surface area contributed by atoms with Gasteiger partial charge in [0.25, 0.3) is 5.91 Å². The number of carboxylic acid groups (broad SMARTS) is 2. The molecular weight excluding hydrogens is 264 g/mol. The molecule has 1 amide bonds. The first-order valence-corrected chi connectivity index (χ1v) is 5.84. The lowest BCUT2D eigenvalue weighted by molar-refractivity contribution is -0.145. The summed E-state index contributed by atoms with van der Waals surface area (Å²) in [6.07, 6.45) is -0.670. The summed E-state index contributed by atoms with van der Waals surface area (Å²) in [6, 6.07) is 5.06. The first kappa shape index (κ1) is 15.5. The zero-order chi connectivity index (χ0) is 15.3. The average Bonchev–Trinajstić information content (AvgIpc) is 2.37. The second-order valence-electron chi connectivity index (χ2n) is 4.40. The van der Waals surface area contributed by atoms with E-state index in [2.05, 4.69) is 5.32 Å². The minimum absolute atomic E-state index is 0.271. The monoisotopic (exact) mass is 280 g/mol. The quantitative estimate of drug-likeness (QED) is 0.696. The molecule has 0 unspecified atom stereocenters. The number of carbonyl (C=O) groups is 3. The number of benzene rings is 1. The highest BCUT2D eigenvalue weighted by Crippen LogP contribution is 2.12. The predicted octanol–water partition coefficient (Wildman–Crippen LogP) is 0.410. The molecule has 1 rings (SSSR count). The van der Waals surface area contributed by atoms with Gasteiger partial charge in [0.1, 0.15) is 6.04 Å². The van der Waals surface area contributed by atoms with E-state index in [1.807, 2.05) is 19.0 Å². The minimum atomic E-state index is -1.45. The van der Waals surface area contributed by atoms with E-state index in [0.717, 1.165) is 5.69 Å². The van der Waals surface area contributed by atoms with Crippen molar-refractivity contribution in [2.45, 2.75) is 12.5 Å². The fourth-order valence-electron chi connectivity index (χ4n) is 1.53. The first-order valence-electron chi connectivity index (χ1n) is 5.84. The number of aliphatic carboxylic acids is 2. The molecule has 0 saturated heterocycles. The summed E-state index contributed by atoms with van der Waals surface area (Å²) in [5.41, 5.74) is 1.16. The fraction of sp³-hybridized carbons (Fsp3) is 0.308. The van der Waals surface area contributed by atoms with Crippen LogP contribution in [-0.2, 0) is 9.59 Å². The Morgan fingerprint density at radius 1 is 1.15 bits per heavy atom. The molecule has 7 heteroatoms. The summed E-state index contributed by atoms with van der Waals surface area (Å²) in [5, 5.41) is 19.6. The fourth-order valence-corrected chi connectivity index (χ4v) is 1.53. The third kappa shape index (κ3) is 4.27. The Kier molecular flexibility index (Phi) is 5.08. The molecule has 3 N–H and O–H groups in total. The Labute approximate surface area is 115 Å². The second kappa shape index (κ2) is 6.55. The van der Waals surface area contributed by atoms with Crippen LogP contribution < -0.4 is 10.2 Å². The maximum Gasteiger partial charge on any atom is 0.326 e. The van der Waals surface area contributed by atoms with Crippen molar-refractivity contribution in [1.82, 2.24) is 5.32 Å². The predicted molar refractivity (Wildman–Crippen MR) is 71.9 cm³/mol. The van der Waals surface area contributed by atoms with Crippen molar-refractivity contribution < 1.29 is 24.6 Å². The molecular formula is C13H16N2O5. The molecule has 0 aromatic heterocycles. The highest BCUT2D eigenvalue weighted by Gasteiger charge is 2.23. The number of carbonyl (C=O) groups excluding carboxylic acids is 1. The Bertz CT molecular complexity index is 510. The third-order valence-electron chi connectivity index (χ3n) is 2.63. The number of nitrogens with one attached hydrogen (secondary N) is 1. The van der Waals surface area contributed by atoms with Crippen LogP contribution >= 0.6 is 0 Å². The van der Waals surface area contributed by atoms with E-state index in [4.69, 9.17) is 10.2 Å². The molecule has 0 aliphatic heterocycles. The Hall–Kier alpha value is -2.57. The average molecular weight is 280 g/mol. The van der Waals surface area contributed by atoms with E-state index in [1.54, 1.807) is 24.3 Å². The summed E-state index contributed by atoms with van der Waals surface area (Å²) in [5.74, 6) is -3.30. The maximum absolute atomic E-state index is 11.8. The maximum atomic E-state index is 11.8. The van der Waals surface area contributed by atoms with Gasteiger partial charge >= 0.3 is 11.9 Å². The van der Waals surface area contributed by atoms with Crippen LogP contribution in [-0.4, -0.2) is 48.2 Å². The number of hydrogen-bond acceptors (Lipinski definition) is 4. The second-order valence-corrected chi connectivity index (χ2v) is 4.40. The van der Waals surface area contributed by atoms with Gasteiger partial charge in [-0.25, -0.2) is 4.79 Å². The van der Waals surface area contributed by atoms with Gasteiger partial charge in [-0.2, -0.15) is 0 Å². The Balaban J connectivity index is 2.78. The molecule has 0 saturated carbocycles. The highest BCUT2D eigenvalue weighted by atomic mass is 16.4. The van der Waals surface area contributed by atoms with Gasteiger partial charge in [0.15, 0.2) is 0 Å². The molecule has 7 nitrogen and oxygen atoms in total. The Morgan fingerprint density at radius 2 is 1.70 bits per heavy atom. The van der Waals surface area contributed by atoms with Crippen molar-refractivity contribution in [3.8, 4) is 0 Å². The topological polar surface area (TPSA) is 107 Å². The first-order chi connectivity index (χ1) is 9.31. The van der Waals surface area contributed by atoms with E-state index in [-0.39, 0.29) is 5.56 Å². The molecule has 1 aromatic rings. The number of anilines is 1. The summed E-state index contributed by atoms with van der Waals surface area (Å²) in [6.45, 7) is 0. The number of amides is 1. The molecule has 0 bridgehead atoms. The lowest BCUT2D eigenvalue weighted by Gasteiger charge is -2.14. The molecule has 0 heterocycles. The van der Waals surface area contributed by atoms with E-state index in [1.165, 1.54) is 0 Å². The van der Waals surface area contributed by atoms with Crippen LogP contribution in [0.25, 0.3) is 0 Å². The van der Waals surface area contributed by atoms with E-state index >= 15 is 0 Å². The van der Waals surface area contributed by atoms with Crippen LogP contribution in [0.2, 0.25) is 0 Å². The van der Waals surface area contributed by atoms with Gasteiger partial charge in [0, 0.05) is 25.3 Å². The van der Waals surface area contributed by atoms with Crippen LogP contribution in [0.15, 0.2) is 24.3 Å². The largest absolute Gasteiger partial charge is 0.481 e. The highest BCUT2D eigenvalue weighted by molar-refractivity contribution is 5.97. The van der Waals surface area contributed by atoms with E-state index in [0.29, 0.717) is 0 Å². The molecule has 108 valence electrons. The number of hydrogen-bond donors (Lipinski definition) is 3. The molecule has 0 aliphatic carbocycles. The molecule has 0 aliphatic rings. The zero-order valence-electron chi connectivity index (χ0n) is 11.2. The summed E-state index contributed by atoms with van der Waals surface area (Å²) in [7, 11) is 3.70. The summed E-state index contributed by atoms with van der Waals surface area (Å²) >= 11 is 0. The van der Waals surface area contributed by atoms with Crippen molar-refractivity contribution in [3.05, 3.63) is 29.8 Å². The standard InChI is InChI=1S/C13H16N2O5/c1-15(2)9-5-3-8(4-6-9)12(18)14-10(13(19)20)7-11(16)17/h3-6,10H,7H2,1-2H3,(H,14,18)(H,16,17)(H,19,20)/t10-/m1/s1. The Morgan fingerprint density at radius 3 is 2.10 bits per heavy atom. The van der Waals surface area contributed by atoms with Crippen LogP contribution in [0.5, 0.6) is 0 Å². The molecule has 0 spiro atoms. The molecule has 1 aromatic carbocycles. The van der Waals surface area contributed by atoms with Gasteiger partial charge in [-0.05, 0) is 24.3 Å². The zero-order valence-corrected chi connectivity index (χ0v) is 11.2. The normalized spacial score (nSPS) is 11.5. The van der Waals surface area contributed by atoms with Gasteiger partial charge in [0.05, 0.1) is 6.42 Å². The summed E-state index contributed by atoms with van der Waals surface area (Å²) in [4.78, 5) is 35.1. The van der Waals surface area contributed by atoms with Crippen molar-refractivity contribution in [2.75, 3.05) is 19.0 Å². The number of nitrogens with zero attached hydrogens (tertiary/aromatic N) is 1. The van der Waals surface area contributed by atoms with Crippen molar-refractivity contribution in [2.24, 2.45) is 0 Å². The van der Waals surface area contributed by atoms with Crippen molar-refractivity contribution >= 4 is 23.5 Å². The van der Waals surface area contributed by atoms with Gasteiger partial charge in [0.2, 0.25) is 0 Å².